The van der Waals surface area contributed by atoms with Gasteiger partial charge in [0, 0.05) is 36.5 Å². The average molecular weight is 358 g/mol. The molecule has 0 saturated heterocycles. The molecule has 0 aliphatic carbocycles. The van der Waals surface area contributed by atoms with Crippen molar-refractivity contribution in [1.29, 1.82) is 0 Å². The van der Waals surface area contributed by atoms with Gasteiger partial charge in [-0.25, -0.2) is 8.42 Å². The molecule has 1 atom stereocenters. The normalized spacial score (nSPS) is 14.4. The largest absolute Gasteiger partial charge is 0.355 e. The van der Waals surface area contributed by atoms with Crippen LogP contribution in [0.25, 0.3) is 0 Å². The fourth-order valence-corrected chi connectivity index (χ4v) is 2.94. The summed E-state index contributed by atoms with van der Waals surface area (Å²) in [5.74, 6) is 0.613. The summed E-state index contributed by atoms with van der Waals surface area (Å²) < 4.78 is 22.6. The molecule has 1 rings (SSSR count). The molecule has 0 spiro atoms. The smallest absolute Gasteiger partial charge is 0.191 e. The lowest BCUT2D eigenvalue weighted by molar-refractivity contribution is 0.544. The third-order valence-electron chi connectivity index (χ3n) is 3.55. The van der Waals surface area contributed by atoms with Crippen molar-refractivity contribution in [3.8, 4) is 0 Å². The Morgan fingerprint density at radius 3 is 2.39 bits per heavy atom. The van der Waals surface area contributed by atoms with Crippen LogP contribution in [0.2, 0.25) is 0 Å². The van der Waals surface area contributed by atoms with Crippen LogP contribution in [0.3, 0.4) is 0 Å². The van der Waals surface area contributed by atoms with Crippen LogP contribution in [0.4, 0.5) is 0 Å². The van der Waals surface area contributed by atoms with Gasteiger partial charge in [0.05, 0.1) is 4.75 Å². The second-order valence-corrected chi connectivity index (χ2v) is 10.2. The number of guanidine groups is 1. The third kappa shape index (κ3) is 6.83. The van der Waals surface area contributed by atoms with Gasteiger partial charge in [0.25, 0.3) is 0 Å². The Kier molecular flexibility index (Phi) is 7.41. The lowest BCUT2D eigenvalue weighted by Crippen LogP contribution is -2.48. The number of nitrogens with zero attached hydrogens (tertiary/aromatic N) is 1. The van der Waals surface area contributed by atoms with E-state index in [4.69, 9.17) is 0 Å². The summed E-state index contributed by atoms with van der Waals surface area (Å²) in [6, 6.07) is 10.2. The van der Waals surface area contributed by atoms with E-state index >= 15 is 0 Å². The van der Waals surface area contributed by atoms with Crippen molar-refractivity contribution in [3.05, 3.63) is 30.3 Å². The molecule has 1 aromatic carbocycles. The molecule has 1 aromatic rings. The second-order valence-electron chi connectivity index (χ2n) is 6.08. The summed E-state index contributed by atoms with van der Waals surface area (Å²) in [5, 5.41) is 6.68. The van der Waals surface area contributed by atoms with E-state index in [9.17, 15) is 8.42 Å². The molecule has 0 aromatic heterocycles. The first-order valence-electron chi connectivity index (χ1n) is 7.51. The predicted molar refractivity (Wildman–Crippen MR) is 100 cm³/mol. The number of hydrogen-bond acceptors (Lipinski definition) is 4. The summed E-state index contributed by atoms with van der Waals surface area (Å²) in [6.45, 7) is 6.59. The number of nitrogens with one attached hydrogen (secondary N) is 2. The van der Waals surface area contributed by atoms with Gasteiger partial charge < -0.3 is 10.6 Å². The Bertz CT molecular complexity index is 613. The second kappa shape index (κ2) is 8.59. The van der Waals surface area contributed by atoms with Crippen molar-refractivity contribution in [3.63, 3.8) is 0 Å². The van der Waals surface area contributed by atoms with Crippen LogP contribution in [-0.2, 0) is 9.84 Å². The zero-order chi connectivity index (χ0) is 17.5. The Morgan fingerprint density at radius 1 is 1.26 bits per heavy atom. The van der Waals surface area contributed by atoms with Gasteiger partial charge in [-0.05, 0) is 26.0 Å². The Morgan fingerprint density at radius 2 is 1.87 bits per heavy atom. The SMILES string of the molecule is CN=C(NCC(C)Sc1ccccc1)NCC(C)(C)S(C)(=O)=O. The van der Waals surface area contributed by atoms with E-state index in [1.807, 2.05) is 18.2 Å². The summed E-state index contributed by atoms with van der Waals surface area (Å²) in [6.07, 6.45) is 1.25. The summed E-state index contributed by atoms with van der Waals surface area (Å²) in [5.41, 5.74) is 0. The first kappa shape index (κ1) is 19.8. The van der Waals surface area contributed by atoms with Crippen molar-refractivity contribution in [1.82, 2.24) is 10.6 Å². The molecular formula is C16H27N3O2S2. The van der Waals surface area contributed by atoms with Crippen LogP contribution in [0, 0.1) is 0 Å². The van der Waals surface area contributed by atoms with Crippen molar-refractivity contribution in [2.24, 2.45) is 4.99 Å². The van der Waals surface area contributed by atoms with E-state index in [-0.39, 0.29) is 0 Å². The van der Waals surface area contributed by atoms with Gasteiger partial charge in [0.15, 0.2) is 15.8 Å². The molecule has 5 nitrogen and oxygen atoms in total. The molecule has 0 saturated carbocycles. The molecule has 23 heavy (non-hydrogen) atoms. The van der Waals surface area contributed by atoms with Crippen molar-refractivity contribution < 1.29 is 8.42 Å². The molecule has 2 N–H and O–H groups in total. The zero-order valence-electron chi connectivity index (χ0n) is 14.5. The van der Waals surface area contributed by atoms with Crippen LogP contribution >= 0.6 is 11.8 Å². The van der Waals surface area contributed by atoms with Crippen LogP contribution < -0.4 is 10.6 Å². The van der Waals surface area contributed by atoms with Crippen LogP contribution in [0.15, 0.2) is 40.2 Å². The summed E-state index contributed by atoms with van der Waals surface area (Å²) in [4.78, 5) is 5.37. The van der Waals surface area contributed by atoms with E-state index < -0.39 is 14.6 Å². The van der Waals surface area contributed by atoms with E-state index in [0.29, 0.717) is 17.8 Å². The fourth-order valence-electron chi connectivity index (χ4n) is 1.66. The van der Waals surface area contributed by atoms with Gasteiger partial charge in [-0.1, -0.05) is 25.1 Å². The maximum Gasteiger partial charge on any atom is 0.191 e. The highest BCUT2D eigenvalue weighted by atomic mass is 32.2. The molecular weight excluding hydrogens is 330 g/mol. The van der Waals surface area contributed by atoms with E-state index in [1.165, 1.54) is 11.2 Å². The Hall–Kier alpha value is -1.21. The number of aliphatic imine (C=N–C) groups is 1. The van der Waals surface area contributed by atoms with Gasteiger partial charge in [0.1, 0.15) is 0 Å². The van der Waals surface area contributed by atoms with Gasteiger partial charge in [-0.15, -0.1) is 11.8 Å². The molecule has 0 radical (unpaired) electrons. The van der Waals surface area contributed by atoms with E-state index in [0.717, 1.165) is 6.54 Å². The summed E-state index contributed by atoms with van der Waals surface area (Å²) >= 11 is 1.78. The topological polar surface area (TPSA) is 70.6 Å². The third-order valence-corrected chi connectivity index (χ3v) is 6.81. The zero-order valence-corrected chi connectivity index (χ0v) is 16.1. The number of hydrogen-bond donors (Lipinski definition) is 2. The number of sulfone groups is 1. The highest BCUT2D eigenvalue weighted by molar-refractivity contribution is 8.00. The first-order chi connectivity index (χ1) is 10.7. The molecule has 0 fully saturated rings. The standard InChI is InChI=1S/C16H27N3O2S2/c1-13(22-14-9-7-6-8-10-14)11-18-15(17-4)19-12-16(2,3)23(5,20)21/h6-10,13H,11-12H2,1-5H3,(H2,17,18,19). The van der Waals surface area contributed by atoms with Gasteiger partial charge >= 0.3 is 0 Å². The predicted octanol–water partition coefficient (Wildman–Crippen LogP) is 2.16. The van der Waals surface area contributed by atoms with E-state index in [2.05, 4.69) is 34.7 Å². The monoisotopic (exact) mass is 357 g/mol. The van der Waals surface area contributed by atoms with Crippen molar-refractivity contribution in [2.75, 3.05) is 26.4 Å². The highest BCUT2D eigenvalue weighted by Crippen LogP contribution is 2.21. The van der Waals surface area contributed by atoms with E-state index in [1.54, 1.807) is 32.7 Å². The average Bonchev–Trinajstić information content (AvgIpc) is 2.47. The number of benzene rings is 1. The van der Waals surface area contributed by atoms with Crippen LogP contribution in [0.5, 0.6) is 0 Å². The highest BCUT2D eigenvalue weighted by Gasteiger charge is 2.30. The number of rotatable bonds is 7. The quantitative estimate of drug-likeness (QED) is 0.444. The molecule has 7 heteroatoms. The molecule has 0 aliphatic heterocycles. The van der Waals surface area contributed by atoms with Crippen LogP contribution in [0.1, 0.15) is 20.8 Å². The Balaban J connectivity index is 2.45. The lowest BCUT2D eigenvalue weighted by Gasteiger charge is -2.24. The van der Waals surface area contributed by atoms with Gasteiger partial charge in [0.2, 0.25) is 0 Å². The molecule has 0 bridgehead atoms. The molecule has 130 valence electrons. The first-order valence-corrected chi connectivity index (χ1v) is 10.3. The van der Waals surface area contributed by atoms with Crippen molar-refractivity contribution in [2.45, 2.75) is 35.7 Å². The maximum atomic E-state index is 11.7. The minimum Gasteiger partial charge on any atom is -0.355 e. The molecule has 0 heterocycles. The van der Waals surface area contributed by atoms with Crippen LogP contribution in [-0.4, -0.2) is 50.8 Å². The fraction of sp³-hybridized carbons (Fsp3) is 0.562. The van der Waals surface area contributed by atoms with Crippen molar-refractivity contribution >= 4 is 27.6 Å². The molecule has 0 amide bonds. The van der Waals surface area contributed by atoms with Gasteiger partial charge in [-0.3, -0.25) is 4.99 Å². The summed E-state index contributed by atoms with van der Waals surface area (Å²) in [7, 11) is -1.45. The number of thioether (sulfide) groups is 1. The van der Waals surface area contributed by atoms with Gasteiger partial charge in [-0.2, -0.15) is 0 Å². The minimum absolute atomic E-state index is 0.311. The molecule has 1 unspecified atom stereocenters. The lowest BCUT2D eigenvalue weighted by atomic mass is 10.2. The molecule has 0 aliphatic rings. The maximum absolute atomic E-state index is 11.7. The minimum atomic E-state index is -3.13. The Labute approximate surface area is 144 Å².